The van der Waals surface area contributed by atoms with E-state index in [2.05, 4.69) is 16.8 Å². The van der Waals surface area contributed by atoms with Gasteiger partial charge in [-0.15, -0.1) is 0 Å². The minimum atomic E-state index is 0.147. The predicted molar refractivity (Wildman–Crippen MR) is 86.8 cm³/mol. The zero-order valence-corrected chi connectivity index (χ0v) is 13.7. The van der Waals surface area contributed by atoms with E-state index in [0.29, 0.717) is 5.82 Å². The number of pyridine rings is 1. The third-order valence-electron chi connectivity index (χ3n) is 2.87. The Kier molecular flexibility index (Phi) is 11.0. The molecule has 1 fully saturated rings. The van der Waals surface area contributed by atoms with Gasteiger partial charge >= 0.3 is 0 Å². The van der Waals surface area contributed by atoms with E-state index in [0.717, 1.165) is 31.8 Å². The Labute approximate surface area is 124 Å². The van der Waals surface area contributed by atoms with Crippen molar-refractivity contribution in [2.24, 2.45) is 0 Å². The quantitative estimate of drug-likeness (QED) is 0.921. The molecule has 1 aliphatic rings. The summed E-state index contributed by atoms with van der Waals surface area (Å²) in [6, 6.07) is 3.83. The summed E-state index contributed by atoms with van der Waals surface area (Å²) in [5, 5.41) is 0. The van der Waals surface area contributed by atoms with Crippen LogP contribution in [0.25, 0.3) is 0 Å². The van der Waals surface area contributed by atoms with Gasteiger partial charge < -0.3 is 10.5 Å². The first-order valence-corrected chi connectivity index (χ1v) is 7.85. The Morgan fingerprint density at radius 2 is 2.00 bits per heavy atom. The van der Waals surface area contributed by atoms with Crippen LogP contribution in [0.5, 0.6) is 0 Å². The second-order valence-electron chi connectivity index (χ2n) is 4.18. The van der Waals surface area contributed by atoms with E-state index in [-0.39, 0.29) is 6.10 Å². The van der Waals surface area contributed by atoms with Crippen LogP contribution in [0.3, 0.4) is 0 Å². The predicted octanol–water partition coefficient (Wildman–Crippen LogP) is 3.50. The minimum Gasteiger partial charge on any atom is -0.384 e. The highest BCUT2D eigenvalue weighted by Crippen LogP contribution is 2.21. The molecule has 1 aliphatic heterocycles. The molecule has 2 N–H and O–H groups in total. The molecular formula is C16H31N3O. The van der Waals surface area contributed by atoms with Crippen molar-refractivity contribution in [2.75, 3.05) is 32.0 Å². The van der Waals surface area contributed by atoms with Crippen molar-refractivity contribution in [1.29, 1.82) is 0 Å². The van der Waals surface area contributed by atoms with E-state index in [1.165, 1.54) is 6.42 Å². The minimum absolute atomic E-state index is 0.147. The number of hydrogen-bond donors (Lipinski definition) is 1. The Bertz CT molecular complexity index is 325. The summed E-state index contributed by atoms with van der Waals surface area (Å²) in [7, 11) is 0. The van der Waals surface area contributed by atoms with E-state index < -0.39 is 0 Å². The SMILES string of the molecule is CC.CC.CCCN1CCOC(c2ccc(N)nc2)C1. The number of ether oxygens (including phenoxy) is 1. The third kappa shape index (κ3) is 6.35. The number of anilines is 1. The smallest absolute Gasteiger partial charge is 0.123 e. The van der Waals surface area contributed by atoms with Gasteiger partial charge in [0.15, 0.2) is 0 Å². The zero-order chi connectivity index (χ0) is 15.4. The number of aromatic nitrogens is 1. The van der Waals surface area contributed by atoms with Crippen LogP contribution in [-0.2, 0) is 4.74 Å². The summed E-state index contributed by atoms with van der Waals surface area (Å²) in [5.41, 5.74) is 6.69. The van der Waals surface area contributed by atoms with Crippen LogP contribution >= 0.6 is 0 Å². The van der Waals surface area contributed by atoms with Gasteiger partial charge in [0.25, 0.3) is 0 Å². The average molecular weight is 281 g/mol. The summed E-state index contributed by atoms with van der Waals surface area (Å²) >= 11 is 0. The van der Waals surface area contributed by atoms with Crippen molar-refractivity contribution in [1.82, 2.24) is 9.88 Å². The first-order valence-electron chi connectivity index (χ1n) is 7.85. The molecule has 0 bridgehead atoms. The highest BCUT2D eigenvalue weighted by molar-refractivity contribution is 5.30. The Morgan fingerprint density at radius 1 is 1.30 bits per heavy atom. The van der Waals surface area contributed by atoms with Crippen LogP contribution in [0, 0.1) is 0 Å². The normalized spacial score (nSPS) is 18.4. The highest BCUT2D eigenvalue weighted by Gasteiger charge is 2.21. The molecule has 0 saturated carbocycles. The van der Waals surface area contributed by atoms with E-state index in [4.69, 9.17) is 10.5 Å². The van der Waals surface area contributed by atoms with Gasteiger partial charge in [-0.3, -0.25) is 4.90 Å². The summed E-state index contributed by atoms with van der Waals surface area (Å²) in [5.74, 6) is 0.560. The van der Waals surface area contributed by atoms with Crippen LogP contribution in [0.1, 0.15) is 52.7 Å². The molecule has 0 amide bonds. The summed E-state index contributed by atoms with van der Waals surface area (Å²) in [6.07, 6.45) is 3.15. The van der Waals surface area contributed by atoms with Gasteiger partial charge in [-0.2, -0.15) is 0 Å². The van der Waals surface area contributed by atoms with Crippen molar-refractivity contribution in [3.8, 4) is 0 Å². The molecule has 1 saturated heterocycles. The van der Waals surface area contributed by atoms with Gasteiger partial charge in [0.2, 0.25) is 0 Å². The van der Waals surface area contributed by atoms with Crippen LogP contribution < -0.4 is 5.73 Å². The van der Waals surface area contributed by atoms with Gasteiger partial charge in [0, 0.05) is 24.8 Å². The van der Waals surface area contributed by atoms with Gasteiger partial charge in [0.1, 0.15) is 5.82 Å². The van der Waals surface area contributed by atoms with Crippen LogP contribution in [0.15, 0.2) is 18.3 Å². The van der Waals surface area contributed by atoms with E-state index in [9.17, 15) is 0 Å². The fourth-order valence-electron chi connectivity index (χ4n) is 2.03. The largest absolute Gasteiger partial charge is 0.384 e. The molecule has 4 heteroatoms. The number of nitrogens with two attached hydrogens (primary N) is 1. The fraction of sp³-hybridized carbons (Fsp3) is 0.688. The highest BCUT2D eigenvalue weighted by atomic mass is 16.5. The molecule has 20 heavy (non-hydrogen) atoms. The summed E-state index contributed by atoms with van der Waals surface area (Å²) in [4.78, 5) is 6.54. The number of nitrogen functional groups attached to an aromatic ring is 1. The first-order chi connectivity index (χ1) is 9.79. The van der Waals surface area contributed by atoms with Gasteiger partial charge in [-0.1, -0.05) is 40.7 Å². The number of morpholine rings is 1. The van der Waals surface area contributed by atoms with E-state index in [1.54, 1.807) is 0 Å². The van der Waals surface area contributed by atoms with Crippen LogP contribution in [0.4, 0.5) is 5.82 Å². The molecule has 1 aromatic heterocycles. The van der Waals surface area contributed by atoms with Gasteiger partial charge in [-0.25, -0.2) is 4.98 Å². The third-order valence-corrected chi connectivity index (χ3v) is 2.87. The molecule has 116 valence electrons. The maximum atomic E-state index is 5.76. The molecule has 1 atom stereocenters. The first kappa shape index (κ1) is 18.9. The topological polar surface area (TPSA) is 51.4 Å². The molecule has 1 aromatic rings. The van der Waals surface area contributed by atoms with Crippen molar-refractivity contribution >= 4 is 5.82 Å². The molecule has 0 aromatic carbocycles. The lowest BCUT2D eigenvalue weighted by molar-refractivity contribution is -0.0299. The van der Waals surface area contributed by atoms with Crippen molar-refractivity contribution in [2.45, 2.75) is 47.1 Å². The Hall–Kier alpha value is -1.13. The fourth-order valence-corrected chi connectivity index (χ4v) is 2.03. The lowest BCUT2D eigenvalue weighted by Gasteiger charge is -2.32. The lowest BCUT2D eigenvalue weighted by atomic mass is 10.1. The maximum absolute atomic E-state index is 5.76. The standard InChI is InChI=1S/C12H19N3O.2C2H6/c1-2-5-15-6-7-16-11(9-15)10-3-4-12(13)14-8-10;2*1-2/h3-4,8,11H,2,5-7,9H2,1H3,(H2,13,14);2*1-2H3. The van der Waals surface area contributed by atoms with Crippen molar-refractivity contribution in [3.05, 3.63) is 23.9 Å². The summed E-state index contributed by atoms with van der Waals surface area (Å²) in [6.45, 7) is 14.1. The van der Waals surface area contributed by atoms with Gasteiger partial charge in [-0.05, 0) is 19.0 Å². The number of hydrogen-bond acceptors (Lipinski definition) is 4. The van der Waals surface area contributed by atoms with E-state index >= 15 is 0 Å². The van der Waals surface area contributed by atoms with Crippen molar-refractivity contribution in [3.63, 3.8) is 0 Å². The number of nitrogens with zero attached hydrogens (tertiary/aromatic N) is 2. The Morgan fingerprint density at radius 3 is 2.55 bits per heavy atom. The van der Waals surface area contributed by atoms with Crippen molar-refractivity contribution < 1.29 is 4.74 Å². The lowest BCUT2D eigenvalue weighted by Crippen LogP contribution is -2.38. The number of rotatable bonds is 3. The average Bonchev–Trinajstić information content (AvgIpc) is 2.53. The van der Waals surface area contributed by atoms with Gasteiger partial charge in [0.05, 0.1) is 12.7 Å². The second-order valence-corrected chi connectivity index (χ2v) is 4.18. The van der Waals surface area contributed by atoms with E-state index in [1.807, 2.05) is 46.0 Å². The monoisotopic (exact) mass is 281 g/mol. The molecule has 2 heterocycles. The molecular weight excluding hydrogens is 250 g/mol. The molecule has 0 aliphatic carbocycles. The second kappa shape index (κ2) is 11.7. The maximum Gasteiger partial charge on any atom is 0.123 e. The zero-order valence-electron chi connectivity index (χ0n) is 13.7. The summed E-state index contributed by atoms with van der Waals surface area (Å²) < 4.78 is 5.76. The molecule has 0 radical (unpaired) electrons. The Balaban J connectivity index is 0.000000829. The molecule has 4 nitrogen and oxygen atoms in total. The molecule has 1 unspecified atom stereocenters. The van der Waals surface area contributed by atoms with Crippen LogP contribution in [0.2, 0.25) is 0 Å². The molecule has 0 spiro atoms. The van der Waals surface area contributed by atoms with Crippen LogP contribution in [-0.4, -0.2) is 36.1 Å². The molecule has 2 rings (SSSR count).